The lowest BCUT2D eigenvalue weighted by molar-refractivity contribution is -0.684. The van der Waals surface area contributed by atoms with Gasteiger partial charge >= 0.3 is 11.9 Å². The second-order valence-corrected chi connectivity index (χ2v) is 13.4. The second kappa shape index (κ2) is 20.0. The number of carboxylic acid groups (broad SMARTS) is 2. The summed E-state index contributed by atoms with van der Waals surface area (Å²) in [5.74, 6) is -3.65. The van der Waals surface area contributed by atoms with E-state index in [1.54, 1.807) is 35.2 Å². The van der Waals surface area contributed by atoms with E-state index < -0.39 is 48.0 Å². The molecule has 2 amide bonds. The Balaban J connectivity index is 1.42. The number of aromatic nitrogens is 1. The van der Waals surface area contributed by atoms with Gasteiger partial charge < -0.3 is 36.0 Å². The number of carbonyl (C=O) groups excluding carboxylic acids is 2. The molecule has 2 heterocycles. The Hall–Kier alpha value is -4.70. The van der Waals surface area contributed by atoms with Gasteiger partial charge in [0.15, 0.2) is 12.4 Å². The van der Waals surface area contributed by atoms with E-state index in [2.05, 4.69) is 28.8 Å². The minimum absolute atomic E-state index is 0.0328. The van der Waals surface area contributed by atoms with E-state index in [0.29, 0.717) is 18.7 Å². The van der Waals surface area contributed by atoms with Crippen LogP contribution in [0, 0.1) is 0 Å². The smallest absolute Gasteiger partial charge is 0.327 e. The maximum absolute atomic E-state index is 12.6. The minimum Gasteiger partial charge on any atom is -0.480 e. The summed E-state index contributed by atoms with van der Waals surface area (Å²) in [6, 6.07) is 8.94. The first-order valence-electron chi connectivity index (χ1n) is 15.1. The van der Waals surface area contributed by atoms with Gasteiger partial charge in [-0.25, -0.2) is 9.59 Å². The summed E-state index contributed by atoms with van der Waals surface area (Å²) in [4.78, 5) is 53.9. The molecule has 0 radical (unpaired) electrons. The Morgan fingerprint density at radius 3 is 1.88 bits per heavy atom. The van der Waals surface area contributed by atoms with Crippen LogP contribution in [0.1, 0.15) is 11.1 Å². The fourth-order valence-electron chi connectivity index (χ4n) is 4.38. The summed E-state index contributed by atoms with van der Waals surface area (Å²) >= 11 is 0. The van der Waals surface area contributed by atoms with Crippen molar-refractivity contribution in [3.05, 3.63) is 96.9 Å². The van der Waals surface area contributed by atoms with Crippen molar-refractivity contribution in [2.45, 2.75) is 30.8 Å². The third-order valence-corrected chi connectivity index (χ3v) is 9.55. The van der Waals surface area contributed by atoms with Gasteiger partial charge in [-0.05, 0) is 34.9 Å². The highest BCUT2D eigenvalue weighted by Gasteiger charge is 2.29. The molecular formula is C34H40N5O8S2+. The number of pyridine rings is 1. The molecule has 1 aliphatic heterocycles. The number of allylic oxidation sites excluding steroid dienone is 4. The van der Waals surface area contributed by atoms with Crippen molar-refractivity contribution in [2.75, 3.05) is 36.0 Å². The van der Waals surface area contributed by atoms with Gasteiger partial charge in [-0.1, -0.05) is 71.2 Å². The average Bonchev–Trinajstić information content (AvgIpc) is 3.42. The van der Waals surface area contributed by atoms with Crippen LogP contribution in [0.4, 0.5) is 5.69 Å². The lowest BCUT2D eigenvalue weighted by atomic mass is 10.1. The molecule has 0 spiro atoms. The van der Waals surface area contributed by atoms with Crippen molar-refractivity contribution >= 4 is 69.4 Å². The molecule has 6 N–H and O–H groups in total. The van der Waals surface area contributed by atoms with E-state index in [9.17, 15) is 39.6 Å². The Morgan fingerprint density at radius 2 is 1.37 bits per heavy atom. The molecule has 0 bridgehead atoms. The molecule has 4 atom stereocenters. The Labute approximate surface area is 292 Å². The number of aliphatic hydroxyl groups excluding tert-OH is 2. The molecule has 49 heavy (non-hydrogen) atoms. The molecule has 1 aromatic carbocycles. The van der Waals surface area contributed by atoms with Crippen LogP contribution < -0.4 is 20.1 Å². The van der Waals surface area contributed by atoms with Crippen molar-refractivity contribution in [2.24, 2.45) is 4.99 Å². The maximum Gasteiger partial charge on any atom is 0.327 e. The predicted molar refractivity (Wildman–Crippen MR) is 192 cm³/mol. The number of β-amino-alcohol motifs (C(OH)–C–C–N with tert-alkyl or cyclic N) is 2. The van der Waals surface area contributed by atoms with Crippen LogP contribution in [0.15, 0.2) is 90.7 Å². The number of nitrogens with one attached hydrogen (secondary N) is 2. The van der Waals surface area contributed by atoms with Crippen molar-refractivity contribution in [3.63, 3.8) is 0 Å². The average molecular weight is 711 g/mol. The molecular weight excluding hydrogens is 671 g/mol. The number of aliphatic carboxylic acids is 2. The normalized spacial score (nSPS) is 17.0. The molecule has 13 nitrogen and oxygen atoms in total. The molecule has 260 valence electrons. The van der Waals surface area contributed by atoms with Gasteiger partial charge in [-0.3, -0.25) is 14.6 Å². The van der Waals surface area contributed by atoms with Crippen LogP contribution in [-0.2, 0) is 25.7 Å². The number of aliphatic imine (C=N–C) groups is 1. The molecule has 0 saturated carbocycles. The molecule has 1 saturated heterocycles. The number of carboxylic acids is 2. The number of benzene rings is 1. The van der Waals surface area contributed by atoms with Crippen molar-refractivity contribution < 1.29 is 44.2 Å². The van der Waals surface area contributed by atoms with Gasteiger partial charge in [0.25, 0.3) is 5.91 Å². The molecule has 3 rings (SSSR count). The number of rotatable bonds is 19. The molecule has 2 aromatic rings. The van der Waals surface area contributed by atoms with Crippen molar-refractivity contribution in [3.8, 4) is 0 Å². The monoisotopic (exact) mass is 710 g/mol. The minimum atomic E-state index is -1.25. The standard InChI is InChI=1S/C34H39N5O8S2/c1-3-23(4-2)11-14-35-17-31(42)36-27(33(44)45)21-48-49-22-28(34(46)47)37-32(43)20-38-15-12-25(13-16-38)6-5-24-7-9-26(10-8-24)39-18-29(40)30(41)19-39/h3-16,27-30,40-41H,1-2,17-22H2,(H3-,36,37,42,43,44,45,46,47)/p+1/b35-14+. The predicted octanol–water partition coefficient (Wildman–Crippen LogP) is 1.58. The first kappa shape index (κ1) is 38.7. The summed E-state index contributed by atoms with van der Waals surface area (Å²) in [7, 11) is 2.13. The fraction of sp³-hybridized carbons (Fsp3) is 0.294. The van der Waals surface area contributed by atoms with E-state index >= 15 is 0 Å². The third kappa shape index (κ3) is 13.4. The van der Waals surface area contributed by atoms with E-state index in [1.807, 2.05) is 53.5 Å². The van der Waals surface area contributed by atoms with Crippen LogP contribution in [0.25, 0.3) is 12.2 Å². The molecule has 1 fully saturated rings. The van der Waals surface area contributed by atoms with Crippen LogP contribution in [0.3, 0.4) is 0 Å². The molecule has 1 aliphatic rings. The van der Waals surface area contributed by atoms with Gasteiger partial charge in [-0.15, -0.1) is 0 Å². The first-order valence-corrected chi connectivity index (χ1v) is 17.6. The molecule has 0 aliphatic carbocycles. The Kier molecular flexibility index (Phi) is 15.8. The van der Waals surface area contributed by atoms with E-state index in [4.69, 9.17) is 0 Å². The lowest BCUT2D eigenvalue weighted by Crippen LogP contribution is -2.49. The summed E-state index contributed by atoms with van der Waals surface area (Å²) in [5, 5.41) is 43.5. The van der Waals surface area contributed by atoms with Crippen LogP contribution in [-0.4, -0.2) is 106 Å². The van der Waals surface area contributed by atoms with Gasteiger partial charge in [0.2, 0.25) is 12.5 Å². The number of nitrogens with zero attached hydrogens (tertiary/aromatic N) is 3. The van der Waals surface area contributed by atoms with Gasteiger partial charge in [0, 0.05) is 48.6 Å². The van der Waals surface area contributed by atoms with Crippen LogP contribution in [0.2, 0.25) is 0 Å². The van der Waals surface area contributed by atoms with E-state index in [1.165, 1.54) is 6.21 Å². The summed E-state index contributed by atoms with van der Waals surface area (Å²) in [6.07, 6.45) is 11.9. The largest absolute Gasteiger partial charge is 0.480 e. The third-order valence-electron chi connectivity index (χ3n) is 7.13. The van der Waals surface area contributed by atoms with Gasteiger partial charge in [-0.2, -0.15) is 4.57 Å². The zero-order valence-corrected chi connectivity index (χ0v) is 28.3. The summed E-state index contributed by atoms with van der Waals surface area (Å²) in [6.45, 7) is 7.59. The molecule has 15 heteroatoms. The maximum atomic E-state index is 12.6. The fourth-order valence-corrected chi connectivity index (χ4v) is 6.69. The summed E-state index contributed by atoms with van der Waals surface area (Å²) in [5.41, 5.74) is 3.47. The number of aliphatic hydroxyl groups is 2. The number of carbonyl (C=O) groups is 4. The first-order chi connectivity index (χ1) is 23.5. The number of hydrogen-bond acceptors (Lipinski definition) is 10. The van der Waals surface area contributed by atoms with Crippen molar-refractivity contribution in [1.82, 2.24) is 10.6 Å². The van der Waals surface area contributed by atoms with Crippen LogP contribution >= 0.6 is 21.6 Å². The SMILES string of the molecule is C=CC(C=C)=C/C=N/CC(=O)NC(CSSCC(NC(=O)C[n+]1ccc(/C=C/c2ccc(N3CC(O)C(O)C3)cc2)cc1)C(=O)O)C(=O)O. The van der Waals surface area contributed by atoms with E-state index in [0.717, 1.165) is 38.4 Å². The van der Waals surface area contributed by atoms with E-state index in [-0.39, 0.29) is 24.6 Å². The number of amides is 2. The molecule has 4 unspecified atom stereocenters. The second-order valence-electron chi connectivity index (χ2n) is 10.8. The quantitative estimate of drug-likeness (QED) is 0.0408. The Morgan fingerprint density at radius 1 is 0.857 bits per heavy atom. The topological polar surface area (TPSA) is 193 Å². The highest BCUT2D eigenvalue weighted by atomic mass is 33.1. The van der Waals surface area contributed by atoms with Gasteiger partial charge in [0.05, 0.1) is 12.2 Å². The zero-order chi connectivity index (χ0) is 35.8. The highest BCUT2D eigenvalue weighted by molar-refractivity contribution is 8.76. The van der Waals surface area contributed by atoms with Crippen molar-refractivity contribution in [1.29, 1.82) is 0 Å². The number of anilines is 1. The lowest BCUT2D eigenvalue weighted by Gasteiger charge is -2.17. The Bertz CT molecular complexity index is 1540. The van der Waals surface area contributed by atoms with Gasteiger partial charge in [0.1, 0.15) is 18.6 Å². The molecule has 1 aromatic heterocycles. The summed E-state index contributed by atoms with van der Waals surface area (Å²) < 4.78 is 1.61. The number of hydrogen-bond donors (Lipinski definition) is 6. The zero-order valence-electron chi connectivity index (χ0n) is 26.6. The highest BCUT2D eigenvalue weighted by Crippen LogP contribution is 2.24. The van der Waals surface area contributed by atoms with Crippen LogP contribution in [0.5, 0.6) is 0 Å².